The highest BCUT2D eigenvalue weighted by molar-refractivity contribution is 6.31. The molecular formula is C19H23ClN4O2. The van der Waals surface area contributed by atoms with Crippen molar-refractivity contribution in [3.8, 4) is 5.75 Å². The molecule has 0 saturated carbocycles. The van der Waals surface area contributed by atoms with Crippen LogP contribution in [-0.4, -0.2) is 37.5 Å². The summed E-state index contributed by atoms with van der Waals surface area (Å²) in [6, 6.07) is 15.2. The summed E-state index contributed by atoms with van der Waals surface area (Å²) < 4.78 is 5.32. The molecule has 0 aliphatic rings. The second-order valence-corrected chi connectivity index (χ2v) is 6.16. The van der Waals surface area contributed by atoms with Crippen molar-refractivity contribution in [3.63, 3.8) is 0 Å². The van der Waals surface area contributed by atoms with Gasteiger partial charge in [-0.15, -0.1) is 0 Å². The van der Waals surface area contributed by atoms with Crippen LogP contribution in [-0.2, 0) is 17.9 Å². The lowest BCUT2D eigenvalue weighted by Crippen LogP contribution is -2.38. The molecule has 0 radical (unpaired) electrons. The monoisotopic (exact) mass is 374 g/mol. The smallest absolute Gasteiger partial charge is 0.255 e. The van der Waals surface area contributed by atoms with Crippen molar-refractivity contribution in [1.29, 1.82) is 0 Å². The molecular weight excluding hydrogens is 352 g/mol. The highest BCUT2D eigenvalue weighted by atomic mass is 35.5. The molecule has 0 heterocycles. The minimum atomic E-state index is -0.505. The largest absolute Gasteiger partial charge is 0.484 e. The molecule has 6 nitrogen and oxygen atoms in total. The Balaban J connectivity index is 1.95. The van der Waals surface area contributed by atoms with Crippen LogP contribution in [0, 0.1) is 0 Å². The number of nitrogens with zero attached hydrogens (tertiary/aromatic N) is 2. The molecule has 7 heteroatoms. The van der Waals surface area contributed by atoms with Crippen molar-refractivity contribution in [2.75, 3.05) is 20.7 Å². The molecule has 0 bridgehead atoms. The summed E-state index contributed by atoms with van der Waals surface area (Å²) in [6.07, 6.45) is 0. The lowest BCUT2D eigenvalue weighted by molar-refractivity contribution is -0.119. The van der Waals surface area contributed by atoms with Gasteiger partial charge in [-0.25, -0.2) is 0 Å². The third kappa shape index (κ3) is 5.97. The topological polar surface area (TPSA) is 80.0 Å². The van der Waals surface area contributed by atoms with Crippen LogP contribution in [0.4, 0.5) is 0 Å². The zero-order valence-corrected chi connectivity index (χ0v) is 15.7. The van der Waals surface area contributed by atoms with E-state index in [2.05, 4.69) is 10.3 Å². The summed E-state index contributed by atoms with van der Waals surface area (Å²) in [5.74, 6) is 0.839. The van der Waals surface area contributed by atoms with E-state index in [1.54, 1.807) is 13.1 Å². The van der Waals surface area contributed by atoms with Gasteiger partial charge in [-0.2, -0.15) is 0 Å². The number of hydrogen-bond acceptors (Lipinski definition) is 3. The molecule has 2 rings (SSSR count). The maximum absolute atomic E-state index is 10.8. The molecule has 26 heavy (non-hydrogen) atoms. The number of rotatable bonds is 7. The Bertz CT molecular complexity index is 780. The van der Waals surface area contributed by atoms with E-state index in [0.717, 1.165) is 22.1 Å². The third-order valence-corrected chi connectivity index (χ3v) is 4.04. The van der Waals surface area contributed by atoms with Crippen molar-refractivity contribution in [2.24, 2.45) is 10.7 Å². The molecule has 138 valence electrons. The minimum absolute atomic E-state index is 0.140. The van der Waals surface area contributed by atoms with E-state index in [0.29, 0.717) is 18.8 Å². The average molecular weight is 375 g/mol. The normalized spacial score (nSPS) is 11.1. The average Bonchev–Trinajstić information content (AvgIpc) is 2.63. The minimum Gasteiger partial charge on any atom is -0.484 e. The van der Waals surface area contributed by atoms with Gasteiger partial charge in [0.05, 0.1) is 0 Å². The summed E-state index contributed by atoms with van der Waals surface area (Å²) in [4.78, 5) is 17.1. The van der Waals surface area contributed by atoms with Gasteiger partial charge >= 0.3 is 0 Å². The number of ether oxygens (including phenoxy) is 1. The van der Waals surface area contributed by atoms with Crippen LogP contribution in [0.2, 0.25) is 5.02 Å². The van der Waals surface area contributed by atoms with E-state index in [1.807, 2.05) is 54.4 Å². The van der Waals surface area contributed by atoms with Crippen molar-refractivity contribution < 1.29 is 9.53 Å². The van der Waals surface area contributed by atoms with Gasteiger partial charge in [0.2, 0.25) is 0 Å². The highest BCUT2D eigenvalue weighted by Gasteiger charge is 2.09. The molecule has 0 atom stereocenters. The van der Waals surface area contributed by atoms with Gasteiger partial charge < -0.3 is 20.7 Å². The number of primary amides is 1. The van der Waals surface area contributed by atoms with E-state index in [4.69, 9.17) is 22.1 Å². The second-order valence-electron chi connectivity index (χ2n) is 5.75. The second kappa shape index (κ2) is 9.68. The van der Waals surface area contributed by atoms with Gasteiger partial charge in [-0.3, -0.25) is 9.79 Å². The van der Waals surface area contributed by atoms with Crippen molar-refractivity contribution in [2.45, 2.75) is 13.1 Å². The van der Waals surface area contributed by atoms with Gasteiger partial charge in [0.1, 0.15) is 5.75 Å². The lowest BCUT2D eigenvalue weighted by atomic mass is 10.2. The standard InChI is InChI=1S/C19H23ClN4O2/c1-22-19(24(2)12-15-7-3-4-9-17(15)20)23-11-14-6-5-8-16(10-14)26-13-18(21)25/h3-10H,11-13H2,1-2H3,(H2,21,25)(H,22,23). The van der Waals surface area contributed by atoms with Crippen LogP contribution in [0.1, 0.15) is 11.1 Å². The van der Waals surface area contributed by atoms with E-state index in [9.17, 15) is 4.79 Å². The molecule has 2 aromatic rings. The number of nitrogens with two attached hydrogens (primary N) is 1. The van der Waals surface area contributed by atoms with Gasteiger partial charge in [0.25, 0.3) is 5.91 Å². The SMILES string of the molecule is CN=C(NCc1cccc(OCC(N)=O)c1)N(C)Cc1ccccc1Cl. The van der Waals surface area contributed by atoms with Crippen LogP contribution < -0.4 is 15.8 Å². The van der Waals surface area contributed by atoms with Crippen LogP contribution in [0.5, 0.6) is 5.75 Å². The van der Waals surface area contributed by atoms with Gasteiger partial charge in [-0.05, 0) is 29.3 Å². The fraction of sp³-hybridized carbons (Fsp3) is 0.263. The Labute approximate surface area is 158 Å². The fourth-order valence-corrected chi connectivity index (χ4v) is 2.62. The number of nitrogens with one attached hydrogen (secondary N) is 1. The molecule has 0 aromatic heterocycles. The first-order chi connectivity index (χ1) is 12.5. The first-order valence-corrected chi connectivity index (χ1v) is 8.52. The zero-order chi connectivity index (χ0) is 18.9. The summed E-state index contributed by atoms with van der Waals surface area (Å²) in [6.45, 7) is 1.06. The van der Waals surface area contributed by atoms with Gasteiger partial charge in [0, 0.05) is 32.2 Å². The molecule has 0 fully saturated rings. The first kappa shape index (κ1) is 19.6. The summed E-state index contributed by atoms with van der Waals surface area (Å²) in [7, 11) is 3.68. The molecule has 1 amide bonds. The van der Waals surface area contributed by atoms with E-state index < -0.39 is 5.91 Å². The summed E-state index contributed by atoms with van der Waals surface area (Å²) >= 11 is 6.22. The molecule has 0 aliphatic carbocycles. The fourth-order valence-electron chi connectivity index (χ4n) is 2.42. The summed E-state index contributed by atoms with van der Waals surface area (Å²) in [5, 5.41) is 4.03. The summed E-state index contributed by atoms with van der Waals surface area (Å²) in [5.41, 5.74) is 7.12. The Morgan fingerprint density at radius 3 is 2.73 bits per heavy atom. The van der Waals surface area contributed by atoms with E-state index in [1.165, 1.54) is 0 Å². The molecule has 0 unspecified atom stereocenters. The van der Waals surface area contributed by atoms with Crippen LogP contribution >= 0.6 is 11.6 Å². The molecule has 0 aliphatic heterocycles. The van der Waals surface area contributed by atoms with E-state index in [-0.39, 0.29) is 6.61 Å². The molecule has 0 saturated heterocycles. The number of halogens is 1. The predicted molar refractivity (Wildman–Crippen MR) is 104 cm³/mol. The number of amides is 1. The lowest BCUT2D eigenvalue weighted by Gasteiger charge is -2.22. The Kier molecular flexibility index (Phi) is 7.29. The Hall–Kier alpha value is -2.73. The maximum atomic E-state index is 10.8. The van der Waals surface area contributed by atoms with Crippen LogP contribution in [0.3, 0.4) is 0 Å². The van der Waals surface area contributed by atoms with Crippen molar-refractivity contribution >= 4 is 23.5 Å². The number of benzene rings is 2. The number of aliphatic imine (C=N–C) groups is 1. The number of carbonyl (C=O) groups excluding carboxylic acids is 1. The Morgan fingerprint density at radius 2 is 2.04 bits per heavy atom. The van der Waals surface area contributed by atoms with Gasteiger partial charge in [0.15, 0.2) is 12.6 Å². The highest BCUT2D eigenvalue weighted by Crippen LogP contribution is 2.17. The van der Waals surface area contributed by atoms with Crippen LogP contribution in [0.25, 0.3) is 0 Å². The number of hydrogen-bond donors (Lipinski definition) is 2. The molecule has 2 aromatic carbocycles. The number of carbonyl (C=O) groups is 1. The maximum Gasteiger partial charge on any atom is 0.255 e. The van der Waals surface area contributed by atoms with E-state index >= 15 is 0 Å². The first-order valence-electron chi connectivity index (χ1n) is 8.15. The van der Waals surface area contributed by atoms with Crippen LogP contribution in [0.15, 0.2) is 53.5 Å². The predicted octanol–water partition coefficient (Wildman–Crippen LogP) is 2.41. The Morgan fingerprint density at radius 1 is 1.27 bits per heavy atom. The van der Waals surface area contributed by atoms with Gasteiger partial charge in [-0.1, -0.05) is 41.9 Å². The molecule has 0 spiro atoms. The molecule has 3 N–H and O–H groups in total. The number of guanidine groups is 1. The van der Waals surface area contributed by atoms with Crippen molar-refractivity contribution in [3.05, 3.63) is 64.7 Å². The quantitative estimate of drug-likeness (QED) is 0.576. The van der Waals surface area contributed by atoms with Crippen molar-refractivity contribution in [1.82, 2.24) is 10.2 Å². The zero-order valence-electron chi connectivity index (χ0n) is 14.9. The third-order valence-electron chi connectivity index (χ3n) is 3.67.